The number of carbonyl (C=O) groups excluding carboxylic acids is 1. The number of hydrogen-bond donors (Lipinski definition) is 1. The number of hydrogen-bond acceptors (Lipinski definition) is 4. The largest absolute Gasteiger partial charge is 0.317 e. The summed E-state index contributed by atoms with van der Waals surface area (Å²) in [5.74, 6) is 2.24. The highest BCUT2D eigenvalue weighted by Crippen LogP contribution is 2.33. The molecule has 0 spiro atoms. The Morgan fingerprint density at radius 3 is 2.56 bits per heavy atom. The fraction of sp³-hybridized carbons (Fsp3) is 0.450. The van der Waals surface area contributed by atoms with Gasteiger partial charge >= 0.3 is 0 Å². The van der Waals surface area contributed by atoms with Crippen LogP contribution in [0.15, 0.2) is 24.3 Å². The number of aromatic nitrogens is 2. The van der Waals surface area contributed by atoms with Gasteiger partial charge in [-0.3, -0.25) is 9.69 Å². The van der Waals surface area contributed by atoms with E-state index < -0.39 is 0 Å². The number of nitrogens with one attached hydrogen (secondary N) is 1. The molecule has 0 atom stereocenters. The molecule has 5 nitrogen and oxygen atoms in total. The molecule has 0 saturated carbocycles. The van der Waals surface area contributed by atoms with Crippen LogP contribution in [0.3, 0.4) is 0 Å². The minimum absolute atomic E-state index is 0.121. The van der Waals surface area contributed by atoms with E-state index in [4.69, 9.17) is 9.97 Å². The number of benzene rings is 1. The summed E-state index contributed by atoms with van der Waals surface area (Å²) in [7, 11) is 0. The van der Waals surface area contributed by atoms with Gasteiger partial charge < -0.3 is 5.32 Å². The molecule has 2 aliphatic heterocycles. The average molecular weight is 336 g/mol. The lowest BCUT2D eigenvalue weighted by Crippen LogP contribution is -2.29. The van der Waals surface area contributed by atoms with Crippen LogP contribution in [-0.2, 0) is 17.8 Å². The predicted molar refractivity (Wildman–Crippen MR) is 97.7 cm³/mol. The summed E-state index contributed by atoms with van der Waals surface area (Å²) in [6.45, 7) is 6.68. The lowest BCUT2D eigenvalue weighted by atomic mass is 9.97. The summed E-state index contributed by atoms with van der Waals surface area (Å²) in [4.78, 5) is 24.0. The summed E-state index contributed by atoms with van der Waals surface area (Å²) in [6, 6.07) is 8.34. The van der Waals surface area contributed by atoms with E-state index in [1.807, 2.05) is 11.8 Å². The van der Waals surface area contributed by atoms with Gasteiger partial charge in [0.2, 0.25) is 5.91 Å². The number of aryl methyl sites for hydroxylation is 2. The van der Waals surface area contributed by atoms with Gasteiger partial charge in [0.15, 0.2) is 0 Å². The topological polar surface area (TPSA) is 58.1 Å². The molecule has 1 fully saturated rings. The number of amides is 1. The monoisotopic (exact) mass is 336 g/mol. The quantitative estimate of drug-likeness (QED) is 0.936. The maximum Gasteiger partial charge on any atom is 0.233 e. The summed E-state index contributed by atoms with van der Waals surface area (Å²) < 4.78 is 0. The summed E-state index contributed by atoms with van der Waals surface area (Å²) >= 11 is 0. The van der Waals surface area contributed by atoms with Crippen molar-refractivity contribution >= 4 is 11.7 Å². The van der Waals surface area contributed by atoms with Crippen LogP contribution in [0.1, 0.15) is 47.0 Å². The van der Waals surface area contributed by atoms with Crippen molar-refractivity contribution in [2.75, 3.05) is 18.0 Å². The summed E-state index contributed by atoms with van der Waals surface area (Å²) in [6.07, 6.45) is 2.54. The van der Waals surface area contributed by atoms with E-state index in [1.165, 1.54) is 5.56 Å². The number of piperidine rings is 1. The zero-order valence-electron chi connectivity index (χ0n) is 14.9. The Hall–Kier alpha value is -2.27. The van der Waals surface area contributed by atoms with Gasteiger partial charge in [-0.05, 0) is 45.3 Å². The molecule has 2 aliphatic rings. The lowest BCUT2D eigenvalue weighted by molar-refractivity contribution is -0.117. The van der Waals surface area contributed by atoms with E-state index in [0.29, 0.717) is 18.9 Å². The molecule has 2 aromatic rings. The number of carbonyl (C=O) groups is 1. The maximum atomic E-state index is 12.6. The van der Waals surface area contributed by atoms with Gasteiger partial charge in [0.05, 0.1) is 13.0 Å². The Morgan fingerprint density at radius 2 is 1.84 bits per heavy atom. The van der Waals surface area contributed by atoms with Gasteiger partial charge in [-0.15, -0.1) is 0 Å². The van der Waals surface area contributed by atoms with E-state index >= 15 is 0 Å². The van der Waals surface area contributed by atoms with Gasteiger partial charge in [0.1, 0.15) is 11.6 Å². The molecular weight excluding hydrogens is 312 g/mol. The molecule has 130 valence electrons. The molecule has 1 N–H and O–H groups in total. The SMILES string of the molecule is Cc1ccc(CN2C(=O)Cc3c(C)nc(C4CCNCC4)nc32)cc1. The molecule has 0 bridgehead atoms. The Kier molecular flexibility index (Phi) is 4.25. The highest BCUT2D eigenvalue weighted by atomic mass is 16.2. The fourth-order valence-electron chi connectivity index (χ4n) is 3.70. The summed E-state index contributed by atoms with van der Waals surface area (Å²) in [5, 5.41) is 3.38. The van der Waals surface area contributed by atoms with Crippen LogP contribution in [0, 0.1) is 13.8 Å². The second-order valence-corrected chi connectivity index (χ2v) is 7.14. The van der Waals surface area contributed by atoms with Crippen molar-refractivity contribution in [1.29, 1.82) is 0 Å². The first-order valence-corrected chi connectivity index (χ1v) is 9.06. The van der Waals surface area contributed by atoms with Crippen molar-refractivity contribution in [3.8, 4) is 0 Å². The van der Waals surface area contributed by atoms with Crippen LogP contribution < -0.4 is 10.2 Å². The Labute approximate surface area is 148 Å². The van der Waals surface area contributed by atoms with Crippen molar-refractivity contribution in [3.63, 3.8) is 0 Å². The van der Waals surface area contributed by atoms with Crippen LogP contribution in [-0.4, -0.2) is 29.0 Å². The second kappa shape index (κ2) is 6.56. The maximum absolute atomic E-state index is 12.6. The van der Waals surface area contributed by atoms with Gasteiger partial charge in [0, 0.05) is 17.2 Å². The number of nitrogens with zero attached hydrogens (tertiary/aromatic N) is 3. The minimum atomic E-state index is 0.121. The summed E-state index contributed by atoms with van der Waals surface area (Å²) in [5.41, 5.74) is 4.31. The first-order chi connectivity index (χ1) is 12.1. The van der Waals surface area contributed by atoms with Crippen molar-refractivity contribution in [2.45, 2.75) is 45.6 Å². The van der Waals surface area contributed by atoms with Gasteiger partial charge in [-0.1, -0.05) is 29.8 Å². The van der Waals surface area contributed by atoms with E-state index in [-0.39, 0.29) is 5.91 Å². The molecule has 25 heavy (non-hydrogen) atoms. The van der Waals surface area contributed by atoms with Crippen molar-refractivity contribution < 1.29 is 4.79 Å². The highest BCUT2D eigenvalue weighted by Gasteiger charge is 2.32. The number of rotatable bonds is 3. The molecular formula is C20H24N4O. The van der Waals surface area contributed by atoms with Gasteiger partial charge in [0.25, 0.3) is 0 Å². The molecule has 5 heteroatoms. The van der Waals surface area contributed by atoms with E-state index in [9.17, 15) is 4.79 Å². The average Bonchev–Trinajstić information content (AvgIpc) is 2.94. The normalized spacial score (nSPS) is 17.8. The minimum Gasteiger partial charge on any atom is -0.317 e. The third-order valence-corrected chi connectivity index (χ3v) is 5.26. The predicted octanol–water partition coefficient (Wildman–Crippen LogP) is 2.65. The van der Waals surface area contributed by atoms with Crippen LogP contribution in [0.2, 0.25) is 0 Å². The third-order valence-electron chi connectivity index (χ3n) is 5.26. The second-order valence-electron chi connectivity index (χ2n) is 7.14. The van der Waals surface area contributed by atoms with Crippen LogP contribution in [0.4, 0.5) is 5.82 Å². The van der Waals surface area contributed by atoms with Crippen LogP contribution in [0.25, 0.3) is 0 Å². The zero-order valence-corrected chi connectivity index (χ0v) is 14.9. The first-order valence-electron chi connectivity index (χ1n) is 9.06. The highest BCUT2D eigenvalue weighted by molar-refractivity contribution is 6.00. The molecule has 0 unspecified atom stereocenters. The molecule has 4 rings (SSSR count). The van der Waals surface area contributed by atoms with Crippen LogP contribution in [0.5, 0.6) is 0 Å². The van der Waals surface area contributed by atoms with Crippen molar-refractivity contribution in [2.24, 2.45) is 0 Å². The standard InChI is InChI=1S/C20H24N4O/c1-13-3-5-15(6-4-13)12-24-18(25)11-17-14(2)22-19(23-20(17)24)16-7-9-21-10-8-16/h3-6,16,21H,7-12H2,1-2H3. The zero-order chi connectivity index (χ0) is 17.4. The first kappa shape index (κ1) is 16.2. The molecule has 0 radical (unpaired) electrons. The molecule has 0 aliphatic carbocycles. The Balaban J connectivity index is 1.66. The van der Waals surface area contributed by atoms with E-state index in [0.717, 1.165) is 54.4 Å². The van der Waals surface area contributed by atoms with Crippen LogP contribution >= 0.6 is 0 Å². The van der Waals surface area contributed by atoms with Gasteiger partial charge in [-0.25, -0.2) is 9.97 Å². The van der Waals surface area contributed by atoms with Gasteiger partial charge in [-0.2, -0.15) is 0 Å². The number of fused-ring (bicyclic) bond motifs is 1. The molecule has 1 saturated heterocycles. The number of anilines is 1. The fourth-order valence-corrected chi connectivity index (χ4v) is 3.70. The smallest absolute Gasteiger partial charge is 0.233 e. The molecule has 1 aromatic carbocycles. The Bertz CT molecular complexity index is 794. The molecule has 3 heterocycles. The molecule has 1 amide bonds. The Morgan fingerprint density at radius 1 is 1.12 bits per heavy atom. The van der Waals surface area contributed by atoms with Crippen molar-refractivity contribution in [1.82, 2.24) is 15.3 Å². The lowest BCUT2D eigenvalue weighted by Gasteiger charge is -2.23. The molecule has 1 aromatic heterocycles. The van der Waals surface area contributed by atoms with Crippen molar-refractivity contribution in [3.05, 3.63) is 52.5 Å². The van der Waals surface area contributed by atoms with E-state index in [2.05, 4.69) is 36.5 Å². The van der Waals surface area contributed by atoms with E-state index in [1.54, 1.807) is 0 Å². The third kappa shape index (κ3) is 3.16.